The van der Waals surface area contributed by atoms with Crippen LogP contribution >= 0.6 is 0 Å². The molecule has 26 heavy (non-hydrogen) atoms. The molecular weight excluding hydrogens is 326 g/mol. The molecule has 1 aliphatic heterocycles. The number of fused-ring (bicyclic) bond motifs is 1. The van der Waals surface area contributed by atoms with Gasteiger partial charge in [-0.1, -0.05) is 24.3 Å². The van der Waals surface area contributed by atoms with Crippen LogP contribution in [-0.2, 0) is 6.42 Å². The smallest absolute Gasteiger partial charge is 0.254 e. The summed E-state index contributed by atoms with van der Waals surface area (Å²) < 4.78 is 0. The van der Waals surface area contributed by atoms with E-state index in [0.29, 0.717) is 13.1 Å². The van der Waals surface area contributed by atoms with Gasteiger partial charge in [0.25, 0.3) is 5.91 Å². The molecular formula is C20H21N5O. The molecule has 3 heterocycles. The third kappa shape index (κ3) is 3.36. The molecule has 0 bridgehead atoms. The summed E-state index contributed by atoms with van der Waals surface area (Å²) in [5, 5.41) is 3.50. The molecule has 3 aromatic rings. The van der Waals surface area contributed by atoms with Crippen molar-refractivity contribution in [2.75, 3.05) is 19.6 Å². The summed E-state index contributed by atoms with van der Waals surface area (Å²) in [4.78, 5) is 26.3. The molecule has 6 nitrogen and oxygen atoms in total. The third-order valence-electron chi connectivity index (χ3n) is 4.73. The molecule has 1 atom stereocenters. The van der Waals surface area contributed by atoms with Crippen LogP contribution in [0.15, 0.2) is 61.2 Å². The number of aromatic amines is 1. The molecule has 1 amide bonds. The number of benzene rings is 1. The highest BCUT2D eigenvalue weighted by Crippen LogP contribution is 2.19. The fourth-order valence-electron chi connectivity index (χ4n) is 3.39. The number of imidazole rings is 1. The summed E-state index contributed by atoms with van der Waals surface area (Å²) in [6.07, 6.45) is 8.05. The second kappa shape index (κ2) is 7.49. The Kier molecular flexibility index (Phi) is 4.75. The largest absolute Gasteiger partial charge is 0.347 e. The van der Waals surface area contributed by atoms with Crippen molar-refractivity contribution < 1.29 is 4.79 Å². The molecule has 4 rings (SSSR count). The zero-order valence-corrected chi connectivity index (χ0v) is 14.4. The van der Waals surface area contributed by atoms with Crippen molar-refractivity contribution in [2.24, 2.45) is 0 Å². The molecule has 0 radical (unpaired) electrons. The number of H-pyrrole nitrogens is 1. The van der Waals surface area contributed by atoms with Crippen LogP contribution in [0.25, 0.3) is 0 Å². The van der Waals surface area contributed by atoms with Crippen LogP contribution in [-0.4, -0.2) is 45.4 Å². The van der Waals surface area contributed by atoms with Crippen molar-refractivity contribution >= 4 is 5.91 Å². The molecule has 0 fully saturated rings. The first-order chi connectivity index (χ1) is 12.8. The second-order valence-electron chi connectivity index (χ2n) is 6.35. The molecule has 2 aromatic heterocycles. The molecule has 0 aliphatic carbocycles. The van der Waals surface area contributed by atoms with Gasteiger partial charge in [-0.25, -0.2) is 4.98 Å². The average Bonchev–Trinajstić information content (AvgIpc) is 3.22. The fourth-order valence-corrected chi connectivity index (χ4v) is 3.39. The highest BCUT2D eigenvalue weighted by Gasteiger charge is 2.24. The number of carbonyl (C=O) groups is 1. The zero-order valence-electron chi connectivity index (χ0n) is 14.4. The average molecular weight is 347 g/mol. The number of nitrogens with zero attached hydrogens (tertiary/aromatic N) is 3. The molecule has 0 saturated carbocycles. The molecule has 132 valence electrons. The van der Waals surface area contributed by atoms with E-state index in [2.05, 4.69) is 20.3 Å². The Hall–Kier alpha value is -2.99. The van der Waals surface area contributed by atoms with E-state index in [-0.39, 0.29) is 11.9 Å². The number of nitrogens with one attached hydrogen (secondary N) is 2. The second-order valence-corrected chi connectivity index (χ2v) is 6.35. The summed E-state index contributed by atoms with van der Waals surface area (Å²) in [5.74, 6) is 0.956. The van der Waals surface area contributed by atoms with Gasteiger partial charge in [0.05, 0.1) is 6.04 Å². The number of carbonyl (C=O) groups excluding carboxylic acids is 1. The summed E-state index contributed by atoms with van der Waals surface area (Å²) in [6, 6.07) is 11.7. The summed E-state index contributed by atoms with van der Waals surface area (Å²) in [5.41, 5.74) is 3.01. The predicted octanol–water partition coefficient (Wildman–Crippen LogP) is 2.18. The quantitative estimate of drug-likeness (QED) is 0.717. The molecule has 1 aromatic carbocycles. The van der Waals surface area contributed by atoms with Crippen molar-refractivity contribution in [2.45, 2.75) is 12.5 Å². The minimum atomic E-state index is -0.0779. The van der Waals surface area contributed by atoms with Gasteiger partial charge in [0, 0.05) is 50.0 Å². The number of amides is 1. The number of aromatic nitrogens is 3. The summed E-state index contributed by atoms with van der Waals surface area (Å²) in [6.45, 7) is 2.09. The van der Waals surface area contributed by atoms with Crippen LogP contribution in [0, 0.1) is 0 Å². The van der Waals surface area contributed by atoms with Gasteiger partial charge in [-0.05, 0) is 29.7 Å². The van der Waals surface area contributed by atoms with Gasteiger partial charge in [-0.2, -0.15) is 0 Å². The highest BCUT2D eigenvalue weighted by atomic mass is 16.2. The van der Waals surface area contributed by atoms with Crippen LogP contribution in [0.5, 0.6) is 0 Å². The Labute approximate surface area is 152 Å². The van der Waals surface area contributed by atoms with Gasteiger partial charge in [0.1, 0.15) is 5.82 Å². The zero-order chi connectivity index (χ0) is 17.8. The van der Waals surface area contributed by atoms with Crippen LogP contribution in [0.2, 0.25) is 0 Å². The van der Waals surface area contributed by atoms with E-state index in [1.54, 1.807) is 12.4 Å². The molecule has 0 spiro atoms. The van der Waals surface area contributed by atoms with E-state index < -0.39 is 0 Å². The lowest BCUT2D eigenvalue weighted by molar-refractivity contribution is 0.0740. The topological polar surface area (TPSA) is 73.9 Å². The Bertz CT molecular complexity index is 863. The van der Waals surface area contributed by atoms with Crippen LogP contribution in [0.4, 0.5) is 0 Å². The normalized spacial score (nSPS) is 14.9. The van der Waals surface area contributed by atoms with Crippen molar-refractivity contribution in [3.8, 4) is 0 Å². The Morgan fingerprint density at radius 1 is 1.19 bits per heavy atom. The Balaban J connectivity index is 1.42. The van der Waals surface area contributed by atoms with E-state index >= 15 is 0 Å². The first-order valence-electron chi connectivity index (χ1n) is 8.82. The molecule has 2 N–H and O–H groups in total. The van der Waals surface area contributed by atoms with E-state index in [4.69, 9.17) is 0 Å². The van der Waals surface area contributed by atoms with Crippen LogP contribution in [0.3, 0.4) is 0 Å². The van der Waals surface area contributed by atoms with Gasteiger partial charge in [0.2, 0.25) is 0 Å². The highest BCUT2D eigenvalue weighted by molar-refractivity contribution is 5.96. The van der Waals surface area contributed by atoms with Gasteiger partial charge >= 0.3 is 0 Å². The lowest BCUT2D eigenvalue weighted by Crippen LogP contribution is -2.42. The van der Waals surface area contributed by atoms with Crippen molar-refractivity contribution in [1.29, 1.82) is 0 Å². The van der Waals surface area contributed by atoms with Crippen molar-refractivity contribution in [3.63, 3.8) is 0 Å². The monoisotopic (exact) mass is 347 g/mol. The molecule has 6 heteroatoms. The fraction of sp³-hybridized carbons (Fsp3) is 0.250. The maximum absolute atomic E-state index is 12.7. The predicted molar refractivity (Wildman–Crippen MR) is 98.7 cm³/mol. The first kappa shape index (κ1) is 16.5. The lowest BCUT2D eigenvalue weighted by Gasteiger charge is -2.29. The first-order valence-corrected chi connectivity index (χ1v) is 8.82. The number of hydrogen-bond acceptors (Lipinski definition) is 4. The number of hydrogen-bond donors (Lipinski definition) is 2. The molecule has 1 unspecified atom stereocenters. The Morgan fingerprint density at radius 2 is 2.12 bits per heavy atom. The van der Waals surface area contributed by atoms with Crippen molar-refractivity contribution in [3.05, 3.63) is 83.7 Å². The molecule has 0 saturated heterocycles. The van der Waals surface area contributed by atoms with E-state index in [0.717, 1.165) is 35.5 Å². The minimum absolute atomic E-state index is 0.0779. The van der Waals surface area contributed by atoms with Crippen LogP contribution < -0.4 is 5.32 Å². The van der Waals surface area contributed by atoms with E-state index in [1.807, 2.05) is 53.7 Å². The standard InChI is InChI=1S/C20H21N5O/c26-20-17-6-2-1-4-15(17)7-12-25(20)13-11-22-18(19-23-9-10-24-19)16-5-3-8-21-14-16/h1-6,8-10,14,18,22H,7,11-13H2,(H,23,24). The molecule has 1 aliphatic rings. The van der Waals surface area contributed by atoms with Gasteiger partial charge in [-0.15, -0.1) is 0 Å². The van der Waals surface area contributed by atoms with E-state index in [1.165, 1.54) is 0 Å². The SMILES string of the molecule is O=C1c2ccccc2CCN1CCNC(c1cccnc1)c1ncc[nH]1. The summed E-state index contributed by atoms with van der Waals surface area (Å²) >= 11 is 0. The van der Waals surface area contributed by atoms with Gasteiger partial charge in [0.15, 0.2) is 0 Å². The third-order valence-corrected chi connectivity index (χ3v) is 4.73. The van der Waals surface area contributed by atoms with Crippen molar-refractivity contribution in [1.82, 2.24) is 25.2 Å². The number of pyridine rings is 1. The van der Waals surface area contributed by atoms with E-state index in [9.17, 15) is 4.79 Å². The Morgan fingerprint density at radius 3 is 2.92 bits per heavy atom. The van der Waals surface area contributed by atoms with Gasteiger partial charge in [-0.3, -0.25) is 9.78 Å². The lowest BCUT2D eigenvalue weighted by atomic mass is 9.99. The number of rotatable bonds is 6. The maximum atomic E-state index is 12.7. The maximum Gasteiger partial charge on any atom is 0.254 e. The minimum Gasteiger partial charge on any atom is -0.347 e. The van der Waals surface area contributed by atoms with Crippen LogP contribution in [0.1, 0.15) is 33.4 Å². The summed E-state index contributed by atoms with van der Waals surface area (Å²) in [7, 11) is 0. The van der Waals surface area contributed by atoms with Gasteiger partial charge < -0.3 is 15.2 Å².